The average Bonchev–Trinajstić information content (AvgIpc) is 2.59. The van der Waals surface area contributed by atoms with Gasteiger partial charge in [-0.3, -0.25) is 9.78 Å². The summed E-state index contributed by atoms with van der Waals surface area (Å²) in [7, 11) is 4.62. The van der Waals surface area contributed by atoms with E-state index in [2.05, 4.69) is 4.98 Å². The summed E-state index contributed by atoms with van der Waals surface area (Å²) in [5, 5.41) is 0. The van der Waals surface area contributed by atoms with Gasteiger partial charge >= 0.3 is 0 Å². The van der Waals surface area contributed by atoms with Gasteiger partial charge in [-0.15, -0.1) is 0 Å². The van der Waals surface area contributed by atoms with Gasteiger partial charge in [-0.2, -0.15) is 0 Å². The van der Waals surface area contributed by atoms with E-state index in [1.54, 1.807) is 50.8 Å². The molecule has 1 aromatic carbocycles. The van der Waals surface area contributed by atoms with E-state index in [1.165, 1.54) is 13.2 Å². The summed E-state index contributed by atoms with van der Waals surface area (Å²) in [4.78, 5) is 16.4. The highest BCUT2D eigenvalue weighted by Crippen LogP contribution is 2.26. The summed E-state index contributed by atoms with van der Waals surface area (Å²) >= 11 is 0. The largest absolute Gasteiger partial charge is 0.496 e. The highest BCUT2D eigenvalue weighted by atomic mass is 16.5. The summed E-state index contributed by atoms with van der Waals surface area (Å²) in [6.07, 6.45) is 4.62. The summed E-state index contributed by atoms with van der Waals surface area (Å²) in [6, 6.07) is 8.77. The molecule has 2 rings (SSSR count). The van der Waals surface area contributed by atoms with Gasteiger partial charge in [0.05, 0.1) is 38.8 Å². The van der Waals surface area contributed by atoms with E-state index < -0.39 is 0 Å². The summed E-state index contributed by atoms with van der Waals surface area (Å²) in [6.45, 7) is 0. The smallest absolute Gasteiger partial charge is 0.189 e. The summed E-state index contributed by atoms with van der Waals surface area (Å²) in [5.41, 5.74) is 1.10. The number of ether oxygens (including phenoxy) is 3. The van der Waals surface area contributed by atoms with Crippen LogP contribution in [0.25, 0.3) is 6.08 Å². The minimum Gasteiger partial charge on any atom is -0.496 e. The van der Waals surface area contributed by atoms with Crippen molar-refractivity contribution in [1.29, 1.82) is 0 Å². The Kier molecular flexibility index (Phi) is 5.14. The Hall–Kier alpha value is -2.82. The second-order valence-corrected chi connectivity index (χ2v) is 4.36. The number of carbonyl (C=O) groups excluding carboxylic acids is 1. The number of para-hydroxylation sites is 1. The molecule has 0 saturated carbocycles. The highest BCUT2D eigenvalue weighted by molar-refractivity contribution is 6.08. The normalized spacial score (nSPS) is 10.5. The zero-order valence-corrected chi connectivity index (χ0v) is 12.7. The Labute approximate surface area is 129 Å². The zero-order chi connectivity index (χ0) is 15.9. The molecule has 0 spiro atoms. The van der Waals surface area contributed by atoms with Crippen LogP contribution in [0.15, 0.2) is 42.6 Å². The van der Waals surface area contributed by atoms with Gasteiger partial charge in [0.1, 0.15) is 5.75 Å². The van der Waals surface area contributed by atoms with Crippen molar-refractivity contribution in [3.8, 4) is 17.2 Å². The van der Waals surface area contributed by atoms with E-state index in [1.807, 2.05) is 6.07 Å². The van der Waals surface area contributed by atoms with E-state index in [4.69, 9.17) is 14.2 Å². The maximum Gasteiger partial charge on any atom is 0.189 e. The fraction of sp³-hybridized carbons (Fsp3) is 0.176. The van der Waals surface area contributed by atoms with Crippen LogP contribution < -0.4 is 14.2 Å². The molecule has 0 aliphatic carbocycles. The van der Waals surface area contributed by atoms with Crippen LogP contribution in [-0.4, -0.2) is 32.1 Å². The number of pyridine rings is 1. The predicted molar refractivity (Wildman–Crippen MR) is 83.7 cm³/mol. The number of benzene rings is 1. The van der Waals surface area contributed by atoms with Crippen molar-refractivity contribution in [1.82, 2.24) is 4.98 Å². The lowest BCUT2D eigenvalue weighted by molar-refractivity contribution is 0.104. The molecule has 0 aliphatic heterocycles. The second kappa shape index (κ2) is 7.26. The zero-order valence-electron chi connectivity index (χ0n) is 12.7. The maximum absolute atomic E-state index is 12.2. The lowest BCUT2D eigenvalue weighted by Crippen LogP contribution is -1.98. The molecule has 0 N–H and O–H groups in total. The molecular formula is C17H17NO4. The van der Waals surface area contributed by atoms with Crippen molar-refractivity contribution in [2.24, 2.45) is 0 Å². The van der Waals surface area contributed by atoms with Gasteiger partial charge in [-0.05, 0) is 24.3 Å². The number of hydrogen-bond donors (Lipinski definition) is 0. The van der Waals surface area contributed by atoms with E-state index in [9.17, 15) is 4.79 Å². The van der Waals surface area contributed by atoms with E-state index in [-0.39, 0.29) is 5.78 Å². The fourth-order valence-electron chi connectivity index (χ4n) is 1.94. The molecule has 0 fully saturated rings. The van der Waals surface area contributed by atoms with Crippen LogP contribution in [0.5, 0.6) is 17.2 Å². The third kappa shape index (κ3) is 3.44. The molecule has 1 aromatic heterocycles. The van der Waals surface area contributed by atoms with E-state index >= 15 is 0 Å². The first-order valence-corrected chi connectivity index (χ1v) is 6.63. The fourth-order valence-corrected chi connectivity index (χ4v) is 1.94. The van der Waals surface area contributed by atoms with Gasteiger partial charge in [0.2, 0.25) is 0 Å². The van der Waals surface area contributed by atoms with E-state index in [0.717, 1.165) is 0 Å². The third-order valence-electron chi connectivity index (χ3n) is 3.07. The predicted octanol–water partition coefficient (Wildman–Crippen LogP) is 3.00. The number of aromatic nitrogens is 1. The Balaban J connectivity index is 2.23. The first-order valence-electron chi connectivity index (χ1n) is 6.63. The van der Waals surface area contributed by atoms with Gasteiger partial charge in [-0.1, -0.05) is 12.1 Å². The monoisotopic (exact) mass is 299 g/mol. The Morgan fingerprint density at radius 3 is 2.36 bits per heavy atom. The van der Waals surface area contributed by atoms with Gasteiger partial charge < -0.3 is 14.2 Å². The van der Waals surface area contributed by atoms with E-state index in [0.29, 0.717) is 28.5 Å². The van der Waals surface area contributed by atoms with Crippen LogP contribution in [0.3, 0.4) is 0 Å². The van der Waals surface area contributed by atoms with Crippen molar-refractivity contribution in [2.45, 2.75) is 0 Å². The van der Waals surface area contributed by atoms with Crippen LogP contribution >= 0.6 is 0 Å². The van der Waals surface area contributed by atoms with Crippen molar-refractivity contribution in [3.05, 3.63) is 53.9 Å². The first kappa shape index (κ1) is 15.6. The van der Waals surface area contributed by atoms with Crippen LogP contribution in [0.4, 0.5) is 0 Å². The molecule has 1 heterocycles. The molecule has 0 amide bonds. The number of allylic oxidation sites excluding steroid dienone is 1. The van der Waals surface area contributed by atoms with Crippen LogP contribution in [-0.2, 0) is 0 Å². The number of carbonyl (C=O) groups is 1. The number of rotatable bonds is 6. The van der Waals surface area contributed by atoms with Crippen LogP contribution in [0, 0.1) is 0 Å². The van der Waals surface area contributed by atoms with Gasteiger partial charge in [0.15, 0.2) is 17.3 Å². The molecular weight excluding hydrogens is 282 g/mol. The minimum atomic E-state index is -0.158. The molecule has 22 heavy (non-hydrogen) atoms. The Morgan fingerprint density at radius 1 is 1.00 bits per heavy atom. The number of methoxy groups -OCH3 is 3. The quantitative estimate of drug-likeness (QED) is 0.606. The van der Waals surface area contributed by atoms with Gasteiger partial charge in [0, 0.05) is 6.07 Å². The molecule has 114 valence electrons. The first-order chi connectivity index (χ1) is 10.7. The van der Waals surface area contributed by atoms with Crippen molar-refractivity contribution < 1.29 is 19.0 Å². The Bertz CT molecular complexity index is 695. The molecule has 0 saturated heterocycles. The average molecular weight is 299 g/mol. The highest BCUT2D eigenvalue weighted by Gasteiger charge is 2.09. The summed E-state index contributed by atoms with van der Waals surface area (Å²) in [5.74, 6) is 1.48. The van der Waals surface area contributed by atoms with Gasteiger partial charge in [-0.25, -0.2) is 0 Å². The third-order valence-corrected chi connectivity index (χ3v) is 3.07. The minimum absolute atomic E-state index is 0.158. The van der Waals surface area contributed by atoms with Crippen LogP contribution in [0.2, 0.25) is 0 Å². The standard InChI is InChI=1S/C17H17NO4/c1-20-15-7-5-4-6-13(15)14(19)9-8-12-10-16(21-2)17(22-3)11-18-12/h4-11H,1-3H3. The SMILES string of the molecule is COc1cnc(C=CC(=O)c2ccccc2OC)cc1OC. The van der Waals surface area contributed by atoms with Crippen molar-refractivity contribution in [2.75, 3.05) is 21.3 Å². The number of nitrogens with zero attached hydrogens (tertiary/aromatic N) is 1. The molecule has 0 atom stereocenters. The number of ketones is 1. The molecule has 0 bridgehead atoms. The van der Waals surface area contributed by atoms with Crippen molar-refractivity contribution in [3.63, 3.8) is 0 Å². The summed E-state index contributed by atoms with van der Waals surface area (Å²) < 4.78 is 15.5. The lowest BCUT2D eigenvalue weighted by atomic mass is 10.1. The molecule has 5 heteroatoms. The van der Waals surface area contributed by atoms with Crippen LogP contribution in [0.1, 0.15) is 16.1 Å². The molecule has 0 radical (unpaired) electrons. The van der Waals surface area contributed by atoms with Gasteiger partial charge in [0.25, 0.3) is 0 Å². The van der Waals surface area contributed by atoms with Crippen molar-refractivity contribution >= 4 is 11.9 Å². The number of hydrogen-bond acceptors (Lipinski definition) is 5. The topological polar surface area (TPSA) is 57.7 Å². The molecule has 0 aliphatic rings. The second-order valence-electron chi connectivity index (χ2n) is 4.36. The molecule has 5 nitrogen and oxygen atoms in total. The molecule has 2 aromatic rings. The lowest BCUT2D eigenvalue weighted by Gasteiger charge is -2.07. The maximum atomic E-state index is 12.2. The molecule has 0 unspecified atom stereocenters. The Morgan fingerprint density at radius 2 is 1.68 bits per heavy atom.